The van der Waals surface area contributed by atoms with E-state index in [2.05, 4.69) is 58.1 Å². The standard InChI is InChI=1S/C16H25NO/c1-6-18-15-10-14(16(15,4)5)17-13-9-7-8-11(2)12(13)3/h7-9,14-15,17H,6,10H2,1-5H3. The molecule has 1 aliphatic rings. The number of nitrogens with one attached hydrogen (secondary N) is 1. The van der Waals surface area contributed by atoms with Gasteiger partial charge in [0.25, 0.3) is 0 Å². The van der Waals surface area contributed by atoms with Crippen molar-refractivity contribution >= 4 is 5.69 Å². The maximum absolute atomic E-state index is 5.77. The van der Waals surface area contributed by atoms with E-state index < -0.39 is 0 Å². The first kappa shape index (κ1) is 13.4. The first-order chi connectivity index (χ1) is 8.46. The van der Waals surface area contributed by atoms with E-state index in [0.717, 1.165) is 13.0 Å². The summed E-state index contributed by atoms with van der Waals surface area (Å²) in [5.74, 6) is 0. The predicted molar refractivity (Wildman–Crippen MR) is 77.1 cm³/mol. The van der Waals surface area contributed by atoms with Crippen molar-refractivity contribution in [1.82, 2.24) is 0 Å². The van der Waals surface area contributed by atoms with Crippen LogP contribution in [0.4, 0.5) is 5.69 Å². The molecule has 1 aromatic rings. The first-order valence-electron chi connectivity index (χ1n) is 6.91. The molecular weight excluding hydrogens is 222 g/mol. The number of ether oxygens (including phenoxy) is 1. The molecule has 2 atom stereocenters. The molecule has 1 N–H and O–H groups in total. The van der Waals surface area contributed by atoms with Gasteiger partial charge in [0.05, 0.1) is 6.10 Å². The van der Waals surface area contributed by atoms with Crippen LogP contribution in [-0.2, 0) is 4.74 Å². The van der Waals surface area contributed by atoms with Crippen molar-refractivity contribution in [2.45, 2.75) is 53.2 Å². The third-order valence-corrected chi connectivity index (χ3v) is 4.48. The maximum Gasteiger partial charge on any atom is 0.0665 e. The highest BCUT2D eigenvalue weighted by Gasteiger charge is 2.48. The van der Waals surface area contributed by atoms with Crippen molar-refractivity contribution in [2.75, 3.05) is 11.9 Å². The zero-order chi connectivity index (χ0) is 13.3. The van der Waals surface area contributed by atoms with Crippen LogP contribution in [0.5, 0.6) is 0 Å². The summed E-state index contributed by atoms with van der Waals surface area (Å²) in [5.41, 5.74) is 4.18. The largest absolute Gasteiger partial charge is 0.381 e. The lowest BCUT2D eigenvalue weighted by Gasteiger charge is -2.52. The van der Waals surface area contributed by atoms with Crippen molar-refractivity contribution in [1.29, 1.82) is 0 Å². The van der Waals surface area contributed by atoms with Gasteiger partial charge in [0, 0.05) is 23.8 Å². The molecule has 1 saturated carbocycles. The van der Waals surface area contributed by atoms with Crippen LogP contribution in [0, 0.1) is 19.3 Å². The number of aryl methyl sites for hydroxylation is 1. The average molecular weight is 247 g/mol. The third-order valence-electron chi connectivity index (χ3n) is 4.48. The normalized spacial score (nSPS) is 25.6. The molecule has 0 bridgehead atoms. The second-order valence-corrected chi connectivity index (χ2v) is 5.95. The Bertz CT molecular complexity index is 425. The molecule has 1 aromatic carbocycles. The summed E-state index contributed by atoms with van der Waals surface area (Å²) in [6, 6.07) is 6.97. The van der Waals surface area contributed by atoms with Gasteiger partial charge in [0.2, 0.25) is 0 Å². The minimum atomic E-state index is 0.214. The van der Waals surface area contributed by atoms with E-state index in [0.29, 0.717) is 12.1 Å². The Morgan fingerprint density at radius 1 is 1.33 bits per heavy atom. The van der Waals surface area contributed by atoms with E-state index >= 15 is 0 Å². The average Bonchev–Trinajstić information content (AvgIpc) is 2.33. The van der Waals surface area contributed by atoms with E-state index in [4.69, 9.17) is 4.74 Å². The first-order valence-corrected chi connectivity index (χ1v) is 6.91. The lowest BCUT2D eigenvalue weighted by atomic mass is 9.64. The Balaban J connectivity index is 2.06. The van der Waals surface area contributed by atoms with E-state index in [1.165, 1.54) is 16.8 Å². The summed E-state index contributed by atoms with van der Waals surface area (Å²) in [5, 5.41) is 3.69. The van der Waals surface area contributed by atoms with Gasteiger partial charge in [0.15, 0.2) is 0 Å². The van der Waals surface area contributed by atoms with Crippen LogP contribution in [0.2, 0.25) is 0 Å². The molecule has 0 spiro atoms. The molecule has 2 heteroatoms. The van der Waals surface area contributed by atoms with Crippen molar-refractivity contribution in [2.24, 2.45) is 5.41 Å². The fourth-order valence-corrected chi connectivity index (χ4v) is 2.71. The highest BCUT2D eigenvalue weighted by Crippen LogP contribution is 2.44. The number of rotatable bonds is 4. The molecule has 1 fully saturated rings. The van der Waals surface area contributed by atoms with Crippen LogP contribution < -0.4 is 5.32 Å². The molecule has 2 unspecified atom stereocenters. The van der Waals surface area contributed by atoms with E-state index in [1.54, 1.807) is 0 Å². The number of hydrogen-bond donors (Lipinski definition) is 1. The molecule has 100 valence electrons. The van der Waals surface area contributed by atoms with Gasteiger partial charge in [-0.1, -0.05) is 26.0 Å². The highest BCUT2D eigenvalue weighted by molar-refractivity contribution is 5.55. The second-order valence-electron chi connectivity index (χ2n) is 5.95. The summed E-state index contributed by atoms with van der Waals surface area (Å²) in [6.45, 7) is 11.8. The van der Waals surface area contributed by atoms with Gasteiger partial charge in [-0.2, -0.15) is 0 Å². The minimum Gasteiger partial charge on any atom is -0.381 e. The maximum atomic E-state index is 5.77. The van der Waals surface area contributed by atoms with Crippen LogP contribution in [0.1, 0.15) is 38.3 Å². The molecule has 18 heavy (non-hydrogen) atoms. The molecule has 1 aliphatic carbocycles. The number of hydrogen-bond acceptors (Lipinski definition) is 2. The zero-order valence-corrected chi connectivity index (χ0v) is 12.2. The highest BCUT2D eigenvalue weighted by atomic mass is 16.5. The lowest BCUT2D eigenvalue weighted by Crippen LogP contribution is -2.58. The summed E-state index contributed by atoms with van der Waals surface area (Å²) in [6.07, 6.45) is 1.50. The quantitative estimate of drug-likeness (QED) is 0.870. The minimum absolute atomic E-state index is 0.214. The second kappa shape index (κ2) is 4.93. The smallest absolute Gasteiger partial charge is 0.0665 e. The van der Waals surface area contributed by atoms with Crippen molar-refractivity contribution in [3.63, 3.8) is 0 Å². The molecule has 0 amide bonds. The van der Waals surface area contributed by atoms with Gasteiger partial charge in [0.1, 0.15) is 0 Å². The molecule has 0 saturated heterocycles. The summed E-state index contributed by atoms with van der Waals surface area (Å²) >= 11 is 0. The Labute approximate surface area is 111 Å². The van der Waals surface area contributed by atoms with Gasteiger partial charge in [-0.3, -0.25) is 0 Å². The Morgan fingerprint density at radius 2 is 2.06 bits per heavy atom. The molecule has 2 nitrogen and oxygen atoms in total. The molecule has 0 aliphatic heterocycles. The SMILES string of the molecule is CCOC1CC(Nc2cccc(C)c2C)C1(C)C. The van der Waals surface area contributed by atoms with Crippen molar-refractivity contribution in [3.05, 3.63) is 29.3 Å². The predicted octanol–water partition coefficient (Wildman–Crippen LogP) is 3.92. The van der Waals surface area contributed by atoms with E-state index in [-0.39, 0.29) is 5.41 Å². The molecule has 0 aromatic heterocycles. The molecule has 0 heterocycles. The van der Waals surface area contributed by atoms with Crippen LogP contribution in [-0.4, -0.2) is 18.8 Å². The van der Waals surface area contributed by atoms with Gasteiger partial charge in [-0.15, -0.1) is 0 Å². The number of benzene rings is 1. The van der Waals surface area contributed by atoms with Gasteiger partial charge in [-0.25, -0.2) is 0 Å². The Morgan fingerprint density at radius 3 is 2.67 bits per heavy atom. The van der Waals surface area contributed by atoms with Crippen LogP contribution in [0.15, 0.2) is 18.2 Å². The third kappa shape index (κ3) is 2.26. The summed E-state index contributed by atoms with van der Waals surface area (Å²) in [4.78, 5) is 0. The van der Waals surface area contributed by atoms with E-state index in [9.17, 15) is 0 Å². The fraction of sp³-hybridized carbons (Fsp3) is 0.625. The molecule has 0 radical (unpaired) electrons. The van der Waals surface area contributed by atoms with Crippen LogP contribution >= 0.6 is 0 Å². The molecule has 2 rings (SSSR count). The van der Waals surface area contributed by atoms with Gasteiger partial charge in [-0.05, 0) is 44.4 Å². The summed E-state index contributed by atoms with van der Waals surface area (Å²) < 4.78 is 5.77. The Kier molecular flexibility index (Phi) is 3.67. The fourth-order valence-electron chi connectivity index (χ4n) is 2.71. The van der Waals surface area contributed by atoms with Gasteiger partial charge < -0.3 is 10.1 Å². The van der Waals surface area contributed by atoms with Crippen molar-refractivity contribution < 1.29 is 4.74 Å². The van der Waals surface area contributed by atoms with E-state index in [1.807, 2.05) is 0 Å². The monoisotopic (exact) mass is 247 g/mol. The Hall–Kier alpha value is -1.02. The zero-order valence-electron chi connectivity index (χ0n) is 12.2. The lowest BCUT2D eigenvalue weighted by molar-refractivity contribution is -0.0976. The topological polar surface area (TPSA) is 21.3 Å². The number of anilines is 1. The van der Waals surface area contributed by atoms with Gasteiger partial charge >= 0.3 is 0 Å². The van der Waals surface area contributed by atoms with Crippen LogP contribution in [0.25, 0.3) is 0 Å². The van der Waals surface area contributed by atoms with Crippen LogP contribution in [0.3, 0.4) is 0 Å². The molecular formula is C16H25NO. The summed E-state index contributed by atoms with van der Waals surface area (Å²) in [7, 11) is 0. The van der Waals surface area contributed by atoms with Crippen molar-refractivity contribution in [3.8, 4) is 0 Å².